The maximum Gasteiger partial charge on any atom is 0.238 e. The van der Waals surface area contributed by atoms with Crippen LogP contribution in [-0.2, 0) is 4.79 Å². The van der Waals surface area contributed by atoms with Crippen LogP contribution in [0.25, 0.3) is 0 Å². The molecule has 1 saturated heterocycles. The summed E-state index contributed by atoms with van der Waals surface area (Å²) in [6, 6.07) is 5.42. The first-order chi connectivity index (χ1) is 9.31. The molecule has 21 heavy (non-hydrogen) atoms. The third-order valence-corrected chi connectivity index (χ3v) is 3.23. The number of piperazine rings is 1. The lowest BCUT2D eigenvalue weighted by atomic mass is 10.2. The molecule has 0 atom stereocenters. The van der Waals surface area contributed by atoms with Crippen LogP contribution in [0.3, 0.4) is 0 Å². The molecule has 0 bridgehead atoms. The Kier molecular flexibility index (Phi) is 7.04. The summed E-state index contributed by atoms with van der Waals surface area (Å²) in [4.78, 5) is 14.1. The fourth-order valence-electron chi connectivity index (χ4n) is 2.25. The number of amides is 1. The molecule has 0 saturated carbocycles. The van der Waals surface area contributed by atoms with Gasteiger partial charge in [-0.3, -0.25) is 9.69 Å². The lowest BCUT2D eigenvalue weighted by molar-refractivity contribution is -0.117. The Balaban J connectivity index is 0.00000110. The van der Waals surface area contributed by atoms with Gasteiger partial charge in [-0.15, -0.1) is 24.8 Å². The Morgan fingerprint density at radius 3 is 2.67 bits per heavy atom. The van der Waals surface area contributed by atoms with Crippen LogP contribution in [0.15, 0.2) is 18.2 Å². The Hall–Kier alpha value is -1.21. The van der Waals surface area contributed by atoms with Crippen molar-refractivity contribution in [2.24, 2.45) is 0 Å². The average Bonchev–Trinajstić information content (AvgIpc) is 2.87. The van der Waals surface area contributed by atoms with E-state index in [1.165, 1.54) is 0 Å². The number of carbonyl (C=O) groups excluding carboxylic acids is 1. The molecule has 1 amide bonds. The zero-order valence-corrected chi connectivity index (χ0v) is 13.1. The summed E-state index contributed by atoms with van der Waals surface area (Å²) in [6.07, 6.45) is 0. The number of carbonyl (C=O) groups is 1. The van der Waals surface area contributed by atoms with Crippen molar-refractivity contribution in [3.63, 3.8) is 0 Å². The highest BCUT2D eigenvalue weighted by Crippen LogP contribution is 2.34. The lowest BCUT2D eigenvalue weighted by Gasteiger charge is -2.26. The number of nitrogens with one attached hydrogen (secondary N) is 2. The number of fused-ring (bicyclic) bond motifs is 1. The van der Waals surface area contributed by atoms with E-state index in [1.54, 1.807) is 6.07 Å². The normalized spacial score (nSPS) is 16.6. The van der Waals surface area contributed by atoms with E-state index < -0.39 is 0 Å². The largest absolute Gasteiger partial charge is 0.454 e. The zero-order chi connectivity index (χ0) is 13.1. The van der Waals surface area contributed by atoms with Gasteiger partial charge in [0.05, 0.1) is 6.54 Å². The second-order valence-corrected chi connectivity index (χ2v) is 4.64. The van der Waals surface area contributed by atoms with E-state index in [1.807, 2.05) is 12.1 Å². The first-order valence-electron chi connectivity index (χ1n) is 6.44. The number of rotatable bonds is 3. The van der Waals surface area contributed by atoms with Gasteiger partial charge in [0.1, 0.15) is 0 Å². The smallest absolute Gasteiger partial charge is 0.238 e. The van der Waals surface area contributed by atoms with Crippen LogP contribution in [0.2, 0.25) is 0 Å². The van der Waals surface area contributed by atoms with Gasteiger partial charge in [-0.25, -0.2) is 0 Å². The predicted octanol–water partition coefficient (Wildman–Crippen LogP) is 1.10. The molecule has 0 spiro atoms. The van der Waals surface area contributed by atoms with Crippen LogP contribution in [0.4, 0.5) is 5.69 Å². The van der Waals surface area contributed by atoms with E-state index >= 15 is 0 Å². The molecule has 2 aliphatic rings. The van der Waals surface area contributed by atoms with E-state index in [4.69, 9.17) is 9.47 Å². The van der Waals surface area contributed by atoms with E-state index in [2.05, 4.69) is 15.5 Å². The second-order valence-electron chi connectivity index (χ2n) is 4.64. The number of benzene rings is 1. The summed E-state index contributed by atoms with van der Waals surface area (Å²) in [7, 11) is 0. The monoisotopic (exact) mass is 335 g/mol. The van der Waals surface area contributed by atoms with Gasteiger partial charge in [0.2, 0.25) is 12.7 Å². The molecule has 6 nitrogen and oxygen atoms in total. The van der Waals surface area contributed by atoms with Crippen LogP contribution in [0.5, 0.6) is 11.5 Å². The Bertz CT molecular complexity index is 482. The van der Waals surface area contributed by atoms with Gasteiger partial charge in [0.25, 0.3) is 0 Å². The summed E-state index contributed by atoms with van der Waals surface area (Å²) in [5, 5.41) is 6.14. The summed E-state index contributed by atoms with van der Waals surface area (Å²) >= 11 is 0. The highest BCUT2D eigenvalue weighted by molar-refractivity contribution is 5.92. The standard InChI is InChI=1S/C13H17N3O3.2ClH/c17-13(8-16-5-3-14-4-6-16)15-10-1-2-11-12(7-10)19-9-18-11;;/h1-2,7,14H,3-6,8-9H2,(H,15,17);2*1H. The van der Waals surface area contributed by atoms with Gasteiger partial charge in [0.15, 0.2) is 11.5 Å². The van der Waals surface area contributed by atoms with Crippen molar-refractivity contribution in [2.45, 2.75) is 0 Å². The van der Waals surface area contributed by atoms with Gasteiger partial charge in [-0.1, -0.05) is 0 Å². The highest BCUT2D eigenvalue weighted by Gasteiger charge is 2.16. The van der Waals surface area contributed by atoms with E-state index in [9.17, 15) is 4.79 Å². The molecular weight excluding hydrogens is 317 g/mol. The molecule has 2 heterocycles. The van der Waals surface area contributed by atoms with Gasteiger partial charge in [-0.2, -0.15) is 0 Å². The van der Waals surface area contributed by atoms with Crippen LogP contribution in [0.1, 0.15) is 0 Å². The minimum atomic E-state index is 0. The molecule has 118 valence electrons. The molecule has 3 rings (SSSR count). The maximum atomic E-state index is 11.9. The molecule has 1 fully saturated rings. The summed E-state index contributed by atoms with van der Waals surface area (Å²) < 4.78 is 10.5. The lowest BCUT2D eigenvalue weighted by Crippen LogP contribution is -2.46. The third kappa shape index (κ3) is 4.64. The van der Waals surface area contributed by atoms with Crippen LogP contribution >= 0.6 is 24.8 Å². The van der Waals surface area contributed by atoms with Gasteiger partial charge < -0.3 is 20.1 Å². The average molecular weight is 336 g/mol. The molecule has 0 unspecified atom stereocenters. The molecule has 2 N–H and O–H groups in total. The summed E-state index contributed by atoms with van der Waals surface area (Å²) in [5.41, 5.74) is 0.740. The molecule has 0 aromatic heterocycles. The summed E-state index contributed by atoms with van der Waals surface area (Å²) in [6.45, 7) is 4.38. The number of halogens is 2. The first kappa shape index (κ1) is 17.8. The Morgan fingerprint density at radius 1 is 1.19 bits per heavy atom. The number of hydrogen-bond donors (Lipinski definition) is 2. The van der Waals surface area contributed by atoms with Crippen molar-refractivity contribution >= 4 is 36.4 Å². The van der Waals surface area contributed by atoms with E-state index in [0.717, 1.165) is 37.6 Å². The van der Waals surface area contributed by atoms with Crippen molar-refractivity contribution in [1.82, 2.24) is 10.2 Å². The Morgan fingerprint density at radius 2 is 1.90 bits per heavy atom. The van der Waals surface area contributed by atoms with E-state index in [-0.39, 0.29) is 37.5 Å². The molecular formula is C13H19Cl2N3O3. The van der Waals surface area contributed by atoms with Crippen LogP contribution < -0.4 is 20.1 Å². The van der Waals surface area contributed by atoms with Gasteiger partial charge in [-0.05, 0) is 12.1 Å². The van der Waals surface area contributed by atoms with Crippen molar-refractivity contribution in [3.05, 3.63) is 18.2 Å². The summed E-state index contributed by atoms with van der Waals surface area (Å²) in [5.74, 6) is 1.40. The first-order valence-corrected chi connectivity index (χ1v) is 6.44. The number of anilines is 1. The number of hydrogen-bond acceptors (Lipinski definition) is 5. The molecule has 8 heteroatoms. The number of ether oxygens (including phenoxy) is 2. The minimum Gasteiger partial charge on any atom is -0.454 e. The van der Waals surface area contributed by atoms with Gasteiger partial charge in [0, 0.05) is 37.9 Å². The zero-order valence-electron chi connectivity index (χ0n) is 11.5. The SMILES string of the molecule is Cl.Cl.O=C(CN1CCNCC1)Nc1ccc2c(c1)OCO2. The number of nitrogens with zero attached hydrogens (tertiary/aromatic N) is 1. The molecule has 0 radical (unpaired) electrons. The Labute approximate surface area is 136 Å². The molecule has 0 aliphatic carbocycles. The quantitative estimate of drug-likeness (QED) is 0.866. The second kappa shape index (κ2) is 8.29. The predicted molar refractivity (Wildman–Crippen MR) is 85.0 cm³/mol. The maximum absolute atomic E-state index is 11.9. The fraction of sp³-hybridized carbons (Fsp3) is 0.462. The van der Waals surface area contributed by atoms with Crippen LogP contribution in [-0.4, -0.2) is 50.3 Å². The molecule has 1 aromatic carbocycles. The van der Waals surface area contributed by atoms with Gasteiger partial charge >= 0.3 is 0 Å². The van der Waals surface area contributed by atoms with Crippen LogP contribution in [0, 0.1) is 0 Å². The molecule has 2 aliphatic heterocycles. The van der Waals surface area contributed by atoms with Crippen molar-refractivity contribution in [2.75, 3.05) is 44.8 Å². The van der Waals surface area contributed by atoms with E-state index in [0.29, 0.717) is 12.3 Å². The highest BCUT2D eigenvalue weighted by atomic mass is 35.5. The third-order valence-electron chi connectivity index (χ3n) is 3.23. The van der Waals surface area contributed by atoms with Crippen molar-refractivity contribution < 1.29 is 14.3 Å². The minimum absolute atomic E-state index is 0. The topological polar surface area (TPSA) is 62.8 Å². The van der Waals surface area contributed by atoms with Crippen molar-refractivity contribution in [1.29, 1.82) is 0 Å². The molecule has 1 aromatic rings. The fourth-order valence-corrected chi connectivity index (χ4v) is 2.25. The van der Waals surface area contributed by atoms with Crippen molar-refractivity contribution in [3.8, 4) is 11.5 Å².